The van der Waals surface area contributed by atoms with Crippen LogP contribution in [0.5, 0.6) is 5.75 Å². The van der Waals surface area contributed by atoms with Gasteiger partial charge in [0.15, 0.2) is 11.6 Å². The van der Waals surface area contributed by atoms with E-state index in [1.54, 1.807) is 6.92 Å². The first-order valence-corrected chi connectivity index (χ1v) is 4.32. The van der Waals surface area contributed by atoms with Crippen LogP contribution in [-0.2, 0) is 0 Å². The van der Waals surface area contributed by atoms with Crippen LogP contribution in [0.1, 0.15) is 6.92 Å². The molecule has 1 aromatic carbocycles. The second-order valence-electron chi connectivity index (χ2n) is 2.74. The van der Waals surface area contributed by atoms with Crippen molar-refractivity contribution >= 4 is 17.2 Å². The summed E-state index contributed by atoms with van der Waals surface area (Å²) in [6.07, 6.45) is -0.579. The molecule has 0 fully saturated rings. The van der Waals surface area contributed by atoms with Gasteiger partial charge in [-0.3, -0.25) is 0 Å². The fourth-order valence-electron chi connectivity index (χ4n) is 0.819. The molecule has 0 aliphatic heterocycles. The molecule has 1 rings (SSSR count). The van der Waals surface area contributed by atoms with Crippen molar-refractivity contribution in [3.05, 3.63) is 29.8 Å². The lowest BCUT2D eigenvalue weighted by molar-refractivity contribution is 0.273. The van der Waals surface area contributed by atoms with Gasteiger partial charge in [-0.25, -0.2) is 8.78 Å². The van der Waals surface area contributed by atoms with Gasteiger partial charge in [0.1, 0.15) is 16.9 Å². The van der Waals surface area contributed by atoms with Gasteiger partial charge in [0, 0.05) is 6.07 Å². The molecule has 0 heterocycles. The van der Waals surface area contributed by atoms with E-state index in [1.165, 1.54) is 6.07 Å². The van der Waals surface area contributed by atoms with Crippen LogP contribution in [0.4, 0.5) is 8.78 Å². The van der Waals surface area contributed by atoms with Crippen LogP contribution in [-0.4, -0.2) is 11.1 Å². The van der Waals surface area contributed by atoms with E-state index >= 15 is 0 Å². The molecule has 0 aliphatic carbocycles. The summed E-state index contributed by atoms with van der Waals surface area (Å²) < 4.78 is 30.6. The molecule has 0 bridgehead atoms. The molecule has 0 aromatic heterocycles. The minimum atomic E-state index is -0.770. The van der Waals surface area contributed by atoms with E-state index in [4.69, 9.17) is 10.5 Å². The smallest absolute Gasteiger partial charge is 0.168 e. The number of benzene rings is 1. The van der Waals surface area contributed by atoms with Gasteiger partial charge < -0.3 is 10.5 Å². The summed E-state index contributed by atoms with van der Waals surface area (Å²) in [7, 11) is 0. The van der Waals surface area contributed by atoms with Crippen molar-refractivity contribution in [2.75, 3.05) is 0 Å². The minimum absolute atomic E-state index is 0.0632. The average Bonchev–Trinajstić information content (AvgIpc) is 2.09. The molecule has 2 nitrogen and oxygen atoms in total. The molecule has 1 atom stereocenters. The molecule has 2 N–H and O–H groups in total. The first-order valence-electron chi connectivity index (χ1n) is 3.91. The van der Waals surface area contributed by atoms with Crippen LogP contribution in [0, 0.1) is 11.6 Å². The Morgan fingerprint density at radius 3 is 2.64 bits per heavy atom. The van der Waals surface area contributed by atoms with Crippen molar-refractivity contribution in [1.29, 1.82) is 0 Å². The second-order valence-corrected chi connectivity index (χ2v) is 3.21. The van der Waals surface area contributed by atoms with Gasteiger partial charge in [-0.2, -0.15) is 0 Å². The molecular formula is C9H9F2NOS. The molecule has 1 aromatic rings. The van der Waals surface area contributed by atoms with Crippen LogP contribution in [0.3, 0.4) is 0 Å². The molecule has 0 saturated heterocycles. The molecule has 0 amide bonds. The van der Waals surface area contributed by atoms with Gasteiger partial charge in [0.2, 0.25) is 0 Å². The normalized spacial score (nSPS) is 12.2. The third-order valence-corrected chi connectivity index (χ3v) is 1.93. The van der Waals surface area contributed by atoms with Crippen LogP contribution in [0.15, 0.2) is 18.2 Å². The predicted molar refractivity (Wildman–Crippen MR) is 53.2 cm³/mol. The minimum Gasteiger partial charge on any atom is -0.481 e. The van der Waals surface area contributed by atoms with Crippen LogP contribution >= 0.6 is 12.2 Å². The van der Waals surface area contributed by atoms with E-state index in [9.17, 15) is 8.78 Å². The maximum Gasteiger partial charge on any atom is 0.168 e. The highest BCUT2D eigenvalue weighted by Crippen LogP contribution is 2.18. The van der Waals surface area contributed by atoms with Crippen LogP contribution in [0.2, 0.25) is 0 Å². The molecule has 1 unspecified atom stereocenters. The highest BCUT2D eigenvalue weighted by atomic mass is 32.1. The lowest BCUT2D eigenvalue weighted by Gasteiger charge is -2.13. The maximum atomic E-state index is 13.0. The van der Waals surface area contributed by atoms with Crippen LogP contribution < -0.4 is 10.5 Å². The number of hydrogen-bond donors (Lipinski definition) is 1. The van der Waals surface area contributed by atoms with Gasteiger partial charge in [0.05, 0.1) is 0 Å². The average molecular weight is 217 g/mol. The van der Waals surface area contributed by atoms with Gasteiger partial charge in [0.25, 0.3) is 0 Å². The number of nitrogens with two attached hydrogens (primary N) is 1. The van der Waals surface area contributed by atoms with E-state index in [-0.39, 0.29) is 10.7 Å². The first kappa shape index (κ1) is 10.8. The molecule has 0 spiro atoms. The Hall–Kier alpha value is -1.23. The molecule has 14 heavy (non-hydrogen) atoms. The van der Waals surface area contributed by atoms with E-state index in [2.05, 4.69) is 12.2 Å². The van der Waals surface area contributed by atoms with Crippen LogP contribution in [0.25, 0.3) is 0 Å². The number of rotatable bonds is 3. The summed E-state index contributed by atoms with van der Waals surface area (Å²) in [4.78, 5) is 0.119. The van der Waals surface area contributed by atoms with Crippen molar-refractivity contribution in [2.45, 2.75) is 13.0 Å². The summed E-state index contributed by atoms with van der Waals surface area (Å²) in [6, 6.07) is 3.03. The lowest BCUT2D eigenvalue weighted by Crippen LogP contribution is -2.29. The Morgan fingerprint density at radius 1 is 1.50 bits per heavy atom. The molecular weight excluding hydrogens is 208 g/mol. The van der Waals surface area contributed by atoms with Crippen molar-refractivity contribution in [3.8, 4) is 5.75 Å². The third-order valence-electron chi connectivity index (χ3n) is 1.60. The summed E-state index contributed by atoms with van der Waals surface area (Å²) in [5.74, 6) is -1.49. The molecule has 76 valence electrons. The fourth-order valence-corrected chi connectivity index (χ4v) is 0.867. The monoisotopic (exact) mass is 217 g/mol. The quantitative estimate of drug-likeness (QED) is 0.787. The van der Waals surface area contributed by atoms with Crippen molar-refractivity contribution in [2.24, 2.45) is 5.73 Å². The summed E-state index contributed by atoms with van der Waals surface area (Å²) in [5, 5.41) is 0. The predicted octanol–water partition coefficient (Wildman–Crippen LogP) is 2.02. The zero-order chi connectivity index (χ0) is 10.7. The van der Waals surface area contributed by atoms with Gasteiger partial charge in [-0.05, 0) is 19.1 Å². The number of ether oxygens (including phenoxy) is 1. The molecule has 0 saturated carbocycles. The Bertz CT molecular complexity index is 357. The van der Waals surface area contributed by atoms with Gasteiger partial charge in [-0.15, -0.1) is 0 Å². The zero-order valence-corrected chi connectivity index (χ0v) is 8.28. The van der Waals surface area contributed by atoms with Gasteiger partial charge in [-0.1, -0.05) is 12.2 Å². The van der Waals surface area contributed by atoms with E-state index in [0.717, 1.165) is 12.1 Å². The SMILES string of the molecule is CC(Oc1ccc(F)cc1F)C(N)=S. The van der Waals surface area contributed by atoms with Crippen molar-refractivity contribution < 1.29 is 13.5 Å². The number of halogens is 2. The fraction of sp³-hybridized carbons (Fsp3) is 0.222. The highest BCUT2D eigenvalue weighted by Gasteiger charge is 2.10. The second kappa shape index (κ2) is 4.32. The Kier molecular flexibility index (Phi) is 3.35. The molecule has 5 heteroatoms. The van der Waals surface area contributed by atoms with Crippen molar-refractivity contribution in [1.82, 2.24) is 0 Å². The molecule has 0 radical (unpaired) electrons. The number of hydrogen-bond acceptors (Lipinski definition) is 2. The topological polar surface area (TPSA) is 35.2 Å². The summed E-state index contributed by atoms with van der Waals surface area (Å²) in [5.41, 5.74) is 5.27. The third kappa shape index (κ3) is 2.63. The zero-order valence-electron chi connectivity index (χ0n) is 7.46. The largest absolute Gasteiger partial charge is 0.481 e. The van der Waals surface area contributed by atoms with Gasteiger partial charge >= 0.3 is 0 Å². The Balaban J connectivity index is 2.82. The standard InChI is InChI=1S/C9H9F2NOS/c1-5(9(12)14)13-8-3-2-6(10)4-7(8)11/h2-5H,1H3,(H2,12,14). The Morgan fingerprint density at radius 2 is 2.14 bits per heavy atom. The number of thiocarbonyl (C=S) groups is 1. The first-order chi connectivity index (χ1) is 6.50. The summed E-state index contributed by atoms with van der Waals surface area (Å²) >= 11 is 4.64. The molecule has 0 aliphatic rings. The maximum absolute atomic E-state index is 13.0. The van der Waals surface area contributed by atoms with E-state index < -0.39 is 17.7 Å². The van der Waals surface area contributed by atoms with E-state index in [1.807, 2.05) is 0 Å². The summed E-state index contributed by atoms with van der Waals surface area (Å²) in [6.45, 7) is 1.59. The lowest BCUT2D eigenvalue weighted by atomic mass is 10.3. The van der Waals surface area contributed by atoms with E-state index in [0.29, 0.717) is 0 Å². The Labute approximate surface area is 85.7 Å². The highest BCUT2D eigenvalue weighted by molar-refractivity contribution is 7.80. The van der Waals surface area contributed by atoms with Crippen molar-refractivity contribution in [3.63, 3.8) is 0 Å².